The molecule has 1 N–H and O–H groups in total. The molecule has 2 aromatic heterocycles. The Kier molecular flexibility index (Phi) is 4.17. The van der Waals surface area contributed by atoms with Crippen molar-refractivity contribution in [1.29, 1.82) is 0 Å². The number of aromatic nitrogens is 3. The first-order valence-electron chi connectivity index (χ1n) is 10.4. The van der Waals surface area contributed by atoms with Crippen LogP contribution < -0.4 is 5.32 Å². The molecule has 29 heavy (non-hydrogen) atoms. The highest BCUT2D eigenvalue weighted by Crippen LogP contribution is 2.50. The van der Waals surface area contributed by atoms with Crippen LogP contribution in [0, 0.1) is 18.3 Å². The van der Waals surface area contributed by atoms with Crippen molar-refractivity contribution in [3.05, 3.63) is 47.3 Å². The van der Waals surface area contributed by atoms with E-state index in [1.807, 2.05) is 22.9 Å². The molecule has 1 aliphatic carbocycles. The van der Waals surface area contributed by atoms with Crippen molar-refractivity contribution >= 4 is 33.2 Å². The number of carbonyl (C=O) groups is 1. The number of Topliss-reactive ketones (excluding diaryl/α,β-unsaturated/α-hetero) is 1. The number of thiazole rings is 1. The largest absolute Gasteiger partial charge is 0.343 e. The minimum absolute atomic E-state index is 0.0813. The standard InChI is InChI=1S/C23H26N4OS/c1-5-8-14-19-13(2)26-27(22-25-15-9-6-7-10-18(15)29-22)21(19)24-16-11-23(3,4)12-17(28)20(14)16/h6-7,9-11,14,20,24H,5,8,12H2,1-4H3/t14-,20+/m0/s1. The fraction of sp³-hybridized carbons (Fsp3) is 0.435. The van der Waals surface area contributed by atoms with E-state index in [4.69, 9.17) is 10.1 Å². The molecule has 3 aromatic rings. The number of rotatable bonds is 3. The first-order chi connectivity index (χ1) is 13.9. The Morgan fingerprint density at radius 1 is 1.31 bits per heavy atom. The van der Waals surface area contributed by atoms with E-state index in [-0.39, 0.29) is 17.3 Å². The zero-order valence-corrected chi connectivity index (χ0v) is 18.1. The van der Waals surface area contributed by atoms with E-state index < -0.39 is 0 Å². The lowest BCUT2D eigenvalue weighted by molar-refractivity contribution is -0.124. The highest BCUT2D eigenvalue weighted by molar-refractivity contribution is 7.20. The Labute approximate surface area is 174 Å². The van der Waals surface area contributed by atoms with Crippen LogP contribution in [0.1, 0.15) is 57.2 Å². The topological polar surface area (TPSA) is 59.8 Å². The van der Waals surface area contributed by atoms with Gasteiger partial charge in [0.25, 0.3) is 0 Å². The Morgan fingerprint density at radius 3 is 2.86 bits per heavy atom. The van der Waals surface area contributed by atoms with E-state index in [2.05, 4.69) is 45.2 Å². The van der Waals surface area contributed by atoms with Crippen LogP contribution in [0.15, 0.2) is 36.0 Å². The van der Waals surface area contributed by atoms with E-state index in [9.17, 15) is 4.79 Å². The first-order valence-corrected chi connectivity index (χ1v) is 11.2. The van der Waals surface area contributed by atoms with Crippen molar-refractivity contribution in [2.24, 2.45) is 11.3 Å². The number of allylic oxidation sites excluding steroid dienone is 2. The number of para-hydroxylation sites is 1. The number of carbonyl (C=O) groups excluding carboxylic acids is 1. The molecule has 5 nitrogen and oxygen atoms in total. The van der Waals surface area contributed by atoms with Gasteiger partial charge in [-0.2, -0.15) is 9.78 Å². The molecule has 1 aromatic carbocycles. The Morgan fingerprint density at radius 2 is 2.10 bits per heavy atom. The summed E-state index contributed by atoms with van der Waals surface area (Å²) in [6.07, 6.45) is 4.88. The molecule has 0 fully saturated rings. The number of ketones is 1. The van der Waals surface area contributed by atoms with Crippen LogP contribution in [0.2, 0.25) is 0 Å². The van der Waals surface area contributed by atoms with Crippen molar-refractivity contribution in [2.45, 2.75) is 52.9 Å². The lowest BCUT2D eigenvalue weighted by atomic mass is 9.67. The summed E-state index contributed by atoms with van der Waals surface area (Å²) in [4.78, 5) is 17.9. The summed E-state index contributed by atoms with van der Waals surface area (Å²) in [6.45, 7) is 8.51. The summed E-state index contributed by atoms with van der Waals surface area (Å²) >= 11 is 1.64. The summed E-state index contributed by atoms with van der Waals surface area (Å²) in [7, 11) is 0. The fourth-order valence-electron chi connectivity index (χ4n) is 4.97. The molecule has 0 spiro atoms. The first kappa shape index (κ1) is 18.6. The zero-order valence-electron chi connectivity index (χ0n) is 17.3. The monoisotopic (exact) mass is 406 g/mol. The van der Waals surface area contributed by atoms with E-state index in [0.717, 1.165) is 45.4 Å². The Hall–Kier alpha value is -2.47. The molecule has 0 saturated carbocycles. The minimum Gasteiger partial charge on any atom is -0.343 e. The number of aryl methyl sites for hydroxylation is 1. The normalized spacial score (nSPS) is 22.8. The van der Waals surface area contributed by atoms with Gasteiger partial charge in [0.2, 0.25) is 5.13 Å². The third-order valence-electron chi connectivity index (χ3n) is 6.06. The summed E-state index contributed by atoms with van der Waals surface area (Å²) in [5.74, 6) is 1.42. The molecule has 2 atom stereocenters. The molecule has 0 amide bonds. The average molecular weight is 407 g/mol. The van der Waals surface area contributed by atoms with Crippen LogP contribution in [-0.2, 0) is 4.79 Å². The van der Waals surface area contributed by atoms with Gasteiger partial charge in [0.1, 0.15) is 11.6 Å². The van der Waals surface area contributed by atoms with Crippen molar-refractivity contribution in [3.63, 3.8) is 0 Å². The van der Waals surface area contributed by atoms with Gasteiger partial charge in [0, 0.05) is 23.6 Å². The predicted octanol–water partition coefficient (Wildman–Crippen LogP) is 5.60. The van der Waals surface area contributed by atoms with Crippen LogP contribution >= 0.6 is 11.3 Å². The molecule has 0 bridgehead atoms. The van der Waals surface area contributed by atoms with Gasteiger partial charge in [0.05, 0.1) is 21.8 Å². The van der Waals surface area contributed by atoms with Gasteiger partial charge in [-0.3, -0.25) is 4.79 Å². The number of benzene rings is 1. The van der Waals surface area contributed by atoms with Crippen LogP contribution in [0.3, 0.4) is 0 Å². The lowest BCUT2D eigenvalue weighted by Gasteiger charge is -2.40. The molecule has 150 valence electrons. The molecule has 1 aliphatic heterocycles. The molecule has 5 rings (SSSR count). The number of nitrogens with one attached hydrogen (secondary N) is 1. The van der Waals surface area contributed by atoms with E-state index >= 15 is 0 Å². The van der Waals surface area contributed by atoms with Gasteiger partial charge in [-0.1, -0.05) is 56.7 Å². The van der Waals surface area contributed by atoms with E-state index in [1.165, 1.54) is 5.56 Å². The highest BCUT2D eigenvalue weighted by Gasteiger charge is 2.45. The molecule has 0 saturated heterocycles. The lowest BCUT2D eigenvalue weighted by Crippen LogP contribution is -2.38. The van der Waals surface area contributed by atoms with Gasteiger partial charge >= 0.3 is 0 Å². The molecular formula is C23H26N4OS. The van der Waals surface area contributed by atoms with Crippen molar-refractivity contribution in [1.82, 2.24) is 14.8 Å². The third-order valence-corrected chi connectivity index (χ3v) is 7.08. The number of fused-ring (bicyclic) bond motifs is 3. The Balaban J connectivity index is 1.70. The second-order valence-corrected chi connectivity index (χ2v) is 9.96. The number of hydrogen-bond donors (Lipinski definition) is 1. The third kappa shape index (κ3) is 2.92. The number of hydrogen-bond acceptors (Lipinski definition) is 5. The second-order valence-electron chi connectivity index (χ2n) is 8.95. The summed E-state index contributed by atoms with van der Waals surface area (Å²) < 4.78 is 3.10. The molecule has 2 aliphatic rings. The van der Waals surface area contributed by atoms with Gasteiger partial charge in [-0.05, 0) is 30.9 Å². The fourth-order valence-corrected chi connectivity index (χ4v) is 5.89. The number of nitrogens with zero attached hydrogens (tertiary/aromatic N) is 3. The Bertz CT molecular complexity index is 1120. The quantitative estimate of drug-likeness (QED) is 0.615. The van der Waals surface area contributed by atoms with Crippen molar-refractivity contribution < 1.29 is 4.79 Å². The molecule has 0 radical (unpaired) electrons. The van der Waals surface area contributed by atoms with Crippen LogP contribution in [0.5, 0.6) is 0 Å². The van der Waals surface area contributed by atoms with Crippen LogP contribution in [-0.4, -0.2) is 20.5 Å². The number of anilines is 1. The predicted molar refractivity (Wildman–Crippen MR) is 118 cm³/mol. The second kappa shape index (κ2) is 6.52. The molecule has 3 heterocycles. The van der Waals surface area contributed by atoms with Crippen molar-refractivity contribution in [3.8, 4) is 5.13 Å². The summed E-state index contributed by atoms with van der Waals surface area (Å²) in [6, 6.07) is 8.17. The highest BCUT2D eigenvalue weighted by atomic mass is 32.1. The van der Waals surface area contributed by atoms with E-state index in [1.54, 1.807) is 11.3 Å². The van der Waals surface area contributed by atoms with Gasteiger partial charge in [0.15, 0.2) is 0 Å². The van der Waals surface area contributed by atoms with Crippen LogP contribution in [0.4, 0.5) is 5.82 Å². The molecule has 0 unspecified atom stereocenters. The van der Waals surface area contributed by atoms with Gasteiger partial charge in [-0.25, -0.2) is 4.98 Å². The van der Waals surface area contributed by atoms with E-state index in [0.29, 0.717) is 12.2 Å². The van der Waals surface area contributed by atoms with Crippen molar-refractivity contribution in [2.75, 3.05) is 5.32 Å². The average Bonchev–Trinajstić information content (AvgIpc) is 3.21. The maximum absolute atomic E-state index is 13.1. The smallest absolute Gasteiger partial charge is 0.213 e. The summed E-state index contributed by atoms with van der Waals surface area (Å²) in [5.41, 5.74) is 4.07. The molecule has 6 heteroatoms. The maximum atomic E-state index is 13.1. The molecular weight excluding hydrogens is 380 g/mol. The minimum atomic E-state index is -0.125. The van der Waals surface area contributed by atoms with Gasteiger partial charge in [-0.15, -0.1) is 0 Å². The maximum Gasteiger partial charge on any atom is 0.213 e. The summed E-state index contributed by atoms with van der Waals surface area (Å²) in [5, 5.41) is 9.35. The van der Waals surface area contributed by atoms with Crippen LogP contribution in [0.25, 0.3) is 15.3 Å². The zero-order chi connectivity index (χ0) is 20.3. The SMILES string of the molecule is CCC[C@H]1c2c(C)nn(-c3nc4ccccc4s3)c2NC2=CC(C)(C)CC(=O)[C@@H]21. The van der Waals surface area contributed by atoms with Gasteiger partial charge < -0.3 is 5.32 Å².